The van der Waals surface area contributed by atoms with Crippen LogP contribution in [0.3, 0.4) is 0 Å². The average Bonchev–Trinajstić information content (AvgIpc) is 2.68. The maximum atomic E-state index is 12.7. The molecule has 0 saturated carbocycles. The second-order valence-corrected chi connectivity index (χ2v) is 8.00. The van der Waals surface area contributed by atoms with Gasteiger partial charge in [0.1, 0.15) is 11.2 Å². The van der Waals surface area contributed by atoms with Gasteiger partial charge < -0.3 is 14.6 Å². The summed E-state index contributed by atoms with van der Waals surface area (Å²) in [7, 11) is 0. The predicted molar refractivity (Wildman–Crippen MR) is 117 cm³/mol. The summed E-state index contributed by atoms with van der Waals surface area (Å²) in [6.45, 7) is 3.71. The normalized spacial score (nSPS) is 10.8. The number of aryl methyl sites for hydroxylation is 2. The van der Waals surface area contributed by atoms with E-state index in [9.17, 15) is 14.4 Å². The van der Waals surface area contributed by atoms with E-state index >= 15 is 0 Å². The van der Waals surface area contributed by atoms with Gasteiger partial charge in [-0.15, -0.1) is 0 Å². The van der Waals surface area contributed by atoms with Crippen LogP contribution in [0.5, 0.6) is 0 Å². The molecule has 9 heteroatoms. The predicted octanol–water partition coefficient (Wildman–Crippen LogP) is 4.05. The van der Waals surface area contributed by atoms with Gasteiger partial charge in [-0.05, 0) is 60.1 Å². The van der Waals surface area contributed by atoms with Crippen molar-refractivity contribution < 1.29 is 14.3 Å². The minimum atomic E-state index is -0.857. The Hall–Kier alpha value is -2.52. The first-order valence-electron chi connectivity index (χ1n) is 8.73. The molecular formula is C20H17Br2N3O4. The number of aromatic nitrogens is 2. The van der Waals surface area contributed by atoms with Crippen molar-refractivity contribution in [2.45, 2.75) is 20.4 Å². The summed E-state index contributed by atoms with van der Waals surface area (Å²) >= 11 is 6.67. The van der Waals surface area contributed by atoms with E-state index in [1.54, 1.807) is 34.9 Å². The fourth-order valence-electron chi connectivity index (χ4n) is 2.73. The number of carbonyl (C=O) groups excluding carboxylic acids is 2. The molecule has 0 atom stereocenters. The second-order valence-electron chi connectivity index (χ2n) is 6.23. The van der Waals surface area contributed by atoms with E-state index in [-0.39, 0.29) is 5.56 Å². The van der Waals surface area contributed by atoms with E-state index < -0.39 is 23.9 Å². The quantitative estimate of drug-likeness (QED) is 0.510. The van der Waals surface area contributed by atoms with Gasteiger partial charge in [0.05, 0.1) is 11.1 Å². The van der Waals surface area contributed by atoms with Gasteiger partial charge in [-0.2, -0.15) is 0 Å². The van der Waals surface area contributed by atoms with Crippen LogP contribution in [0.25, 0.3) is 11.0 Å². The average molecular weight is 523 g/mol. The highest BCUT2D eigenvalue weighted by atomic mass is 79.9. The lowest BCUT2D eigenvalue weighted by Gasteiger charge is -2.11. The molecule has 7 nitrogen and oxygen atoms in total. The van der Waals surface area contributed by atoms with Crippen LogP contribution in [-0.2, 0) is 16.1 Å². The van der Waals surface area contributed by atoms with Gasteiger partial charge in [0.15, 0.2) is 6.61 Å². The third-order valence-corrected chi connectivity index (χ3v) is 5.31. The molecule has 3 aromatic rings. The number of benzene rings is 1. The second kappa shape index (κ2) is 8.87. The fourth-order valence-corrected chi connectivity index (χ4v) is 3.88. The molecule has 3 rings (SSSR count). The van der Waals surface area contributed by atoms with Gasteiger partial charge in [0.25, 0.3) is 5.91 Å². The summed E-state index contributed by atoms with van der Waals surface area (Å²) in [5.74, 6) is -1.38. The van der Waals surface area contributed by atoms with Crippen molar-refractivity contribution in [2.75, 3.05) is 11.9 Å². The summed E-state index contributed by atoms with van der Waals surface area (Å²) in [4.78, 5) is 41.7. The number of rotatable bonds is 5. The van der Waals surface area contributed by atoms with Crippen LogP contribution in [0, 0.1) is 6.92 Å². The molecule has 2 aromatic heterocycles. The Kier molecular flexibility index (Phi) is 6.49. The highest BCUT2D eigenvalue weighted by molar-refractivity contribution is 9.11. The highest BCUT2D eigenvalue weighted by Gasteiger charge is 2.18. The standard InChI is InChI=1S/C20H17Br2N3O4/c1-3-25-9-14(18(27)13-6-4-11(2)23-19(13)25)20(28)29-10-17(26)24-16-7-5-12(21)8-15(16)22/h4-9H,3,10H2,1-2H3,(H,24,26). The molecule has 0 spiro atoms. The lowest BCUT2D eigenvalue weighted by Crippen LogP contribution is -2.25. The van der Waals surface area contributed by atoms with E-state index in [2.05, 4.69) is 42.2 Å². The van der Waals surface area contributed by atoms with E-state index in [1.165, 1.54) is 6.20 Å². The van der Waals surface area contributed by atoms with Gasteiger partial charge >= 0.3 is 5.97 Å². The third kappa shape index (κ3) is 4.73. The van der Waals surface area contributed by atoms with Gasteiger partial charge in [0, 0.05) is 27.4 Å². The molecule has 0 fully saturated rings. The van der Waals surface area contributed by atoms with Gasteiger partial charge in [-0.25, -0.2) is 9.78 Å². The van der Waals surface area contributed by atoms with Crippen molar-refractivity contribution >= 4 is 60.5 Å². The number of halogens is 2. The zero-order chi connectivity index (χ0) is 21.1. The Bertz CT molecular complexity index is 1170. The molecule has 1 aromatic carbocycles. The first-order valence-corrected chi connectivity index (χ1v) is 10.3. The topological polar surface area (TPSA) is 90.3 Å². The molecule has 29 heavy (non-hydrogen) atoms. The van der Waals surface area contributed by atoms with Gasteiger partial charge in [0.2, 0.25) is 5.43 Å². The first kappa shape index (κ1) is 21.2. The molecule has 0 aliphatic rings. The number of fused-ring (bicyclic) bond motifs is 1. The minimum absolute atomic E-state index is 0.136. The van der Waals surface area contributed by atoms with Gasteiger partial charge in [-0.3, -0.25) is 9.59 Å². The van der Waals surface area contributed by atoms with Crippen LogP contribution in [0.4, 0.5) is 5.69 Å². The number of pyridine rings is 2. The molecule has 150 valence electrons. The van der Waals surface area contributed by atoms with Crippen molar-refractivity contribution in [3.63, 3.8) is 0 Å². The van der Waals surface area contributed by atoms with Crippen LogP contribution in [0.15, 0.2) is 50.3 Å². The Morgan fingerprint density at radius 3 is 2.66 bits per heavy atom. The molecule has 0 aliphatic heterocycles. The number of esters is 1. The monoisotopic (exact) mass is 521 g/mol. The zero-order valence-electron chi connectivity index (χ0n) is 15.7. The smallest absolute Gasteiger partial charge is 0.344 e. The number of amides is 1. The lowest BCUT2D eigenvalue weighted by molar-refractivity contribution is -0.119. The molecule has 0 aliphatic carbocycles. The van der Waals surface area contributed by atoms with Crippen LogP contribution >= 0.6 is 31.9 Å². The minimum Gasteiger partial charge on any atom is -0.452 e. The maximum Gasteiger partial charge on any atom is 0.344 e. The Morgan fingerprint density at radius 2 is 1.97 bits per heavy atom. The summed E-state index contributed by atoms with van der Waals surface area (Å²) < 4.78 is 8.30. The van der Waals surface area contributed by atoms with Crippen LogP contribution in [0.2, 0.25) is 0 Å². The Morgan fingerprint density at radius 1 is 1.21 bits per heavy atom. The summed E-state index contributed by atoms with van der Waals surface area (Å²) in [5.41, 5.74) is 1.20. The van der Waals surface area contributed by atoms with Crippen molar-refractivity contribution in [1.29, 1.82) is 0 Å². The zero-order valence-corrected chi connectivity index (χ0v) is 18.8. The number of nitrogens with one attached hydrogen (secondary N) is 1. The van der Waals surface area contributed by atoms with Crippen molar-refractivity contribution in [1.82, 2.24) is 9.55 Å². The number of ether oxygens (including phenoxy) is 1. The Labute approximate surface area is 183 Å². The van der Waals surface area contributed by atoms with Crippen molar-refractivity contribution in [3.05, 3.63) is 67.0 Å². The Balaban J connectivity index is 1.77. The van der Waals surface area contributed by atoms with Crippen LogP contribution < -0.4 is 10.7 Å². The SMILES string of the molecule is CCn1cc(C(=O)OCC(=O)Nc2ccc(Br)cc2Br)c(=O)c2ccc(C)nc21. The summed E-state index contributed by atoms with van der Waals surface area (Å²) in [5, 5.41) is 2.97. The van der Waals surface area contributed by atoms with E-state index in [4.69, 9.17) is 4.74 Å². The maximum absolute atomic E-state index is 12.7. The highest BCUT2D eigenvalue weighted by Crippen LogP contribution is 2.26. The summed E-state index contributed by atoms with van der Waals surface area (Å²) in [6.07, 6.45) is 1.42. The molecule has 2 heterocycles. The molecule has 1 N–H and O–H groups in total. The van der Waals surface area contributed by atoms with Crippen LogP contribution in [-0.4, -0.2) is 28.0 Å². The first-order chi connectivity index (χ1) is 13.8. The molecule has 0 radical (unpaired) electrons. The largest absolute Gasteiger partial charge is 0.452 e. The van der Waals surface area contributed by atoms with Crippen LogP contribution in [0.1, 0.15) is 23.0 Å². The lowest BCUT2D eigenvalue weighted by atomic mass is 10.2. The third-order valence-electron chi connectivity index (χ3n) is 4.16. The van der Waals surface area contributed by atoms with E-state index in [1.807, 2.05) is 13.8 Å². The summed E-state index contributed by atoms with van der Waals surface area (Å²) in [6, 6.07) is 8.60. The number of hydrogen-bond donors (Lipinski definition) is 1. The molecule has 1 amide bonds. The number of nitrogens with zero attached hydrogens (tertiary/aromatic N) is 2. The molecular weight excluding hydrogens is 506 g/mol. The fraction of sp³-hybridized carbons (Fsp3) is 0.200. The molecule has 0 saturated heterocycles. The molecule has 0 unspecified atom stereocenters. The molecule has 0 bridgehead atoms. The van der Waals surface area contributed by atoms with Crippen molar-refractivity contribution in [3.8, 4) is 0 Å². The van der Waals surface area contributed by atoms with Gasteiger partial charge in [-0.1, -0.05) is 15.9 Å². The van der Waals surface area contributed by atoms with E-state index in [0.717, 1.165) is 10.2 Å². The van der Waals surface area contributed by atoms with Crippen molar-refractivity contribution in [2.24, 2.45) is 0 Å². The number of anilines is 1. The number of carbonyl (C=O) groups is 2. The van der Waals surface area contributed by atoms with E-state index in [0.29, 0.717) is 27.7 Å². The number of hydrogen-bond acceptors (Lipinski definition) is 5.